The summed E-state index contributed by atoms with van der Waals surface area (Å²) in [4.78, 5) is 16.4. The fourth-order valence-electron chi connectivity index (χ4n) is 2.93. The van der Waals surface area contributed by atoms with E-state index >= 15 is 0 Å². The van der Waals surface area contributed by atoms with Crippen molar-refractivity contribution in [3.05, 3.63) is 35.9 Å². The Morgan fingerprint density at radius 1 is 1.38 bits per heavy atom. The van der Waals surface area contributed by atoms with Crippen molar-refractivity contribution in [2.45, 2.75) is 19.9 Å². The smallest absolute Gasteiger partial charge is 0.236 e. The molecule has 1 saturated heterocycles. The molecule has 21 heavy (non-hydrogen) atoms. The van der Waals surface area contributed by atoms with E-state index < -0.39 is 0 Å². The minimum Gasteiger partial charge on any atom is -0.340 e. The van der Waals surface area contributed by atoms with Gasteiger partial charge in [0, 0.05) is 20.1 Å². The van der Waals surface area contributed by atoms with Crippen molar-refractivity contribution in [3.8, 4) is 0 Å². The molecular weight excluding hydrogens is 262 g/mol. The number of rotatable bonds is 5. The lowest BCUT2D eigenvalue weighted by Crippen LogP contribution is -2.46. The number of likely N-dealkylation sites (N-methyl/N-ethyl adjacent to an activating group) is 1. The van der Waals surface area contributed by atoms with Gasteiger partial charge in [-0.2, -0.15) is 0 Å². The Morgan fingerprint density at radius 3 is 2.76 bits per heavy atom. The Labute approximate surface area is 127 Å². The number of nitrogens with zero attached hydrogens (tertiary/aromatic N) is 2. The number of carbonyl (C=O) groups excluding carboxylic acids is 1. The zero-order chi connectivity index (χ0) is 15.2. The van der Waals surface area contributed by atoms with Crippen LogP contribution < -0.4 is 5.73 Å². The van der Waals surface area contributed by atoms with Gasteiger partial charge >= 0.3 is 0 Å². The molecule has 0 spiro atoms. The second-order valence-corrected chi connectivity index (χ2v) is 6.23. The summed E-state index contributed by atoms with van der Waals surface area (Å²) in [6.07, 6.45) is 1.14. The van der Waals surface area contributed by atoms with Crippen LogP contribution in [0.1, 0.15) is 18.9 Å². The van der Waals surface area contributed by atoms with Crippen LogP contribution in [-0.2, 0) is 11.3 Å². The predicted octanol–water partition coefficient (Wildman–Crippen LogP) is 1.56. The molecule has 0 aliphatic carbocycles. The molecule has 1 heterocycles. The van der Waals surface area contributed by atoms with Gasteiger partial charge in [-0.15, -0.1) is 0 Å². The minimum absolute atomic E-state index is 0.184. The molecule has 0 aromatic heterocycles. The van der Waals surface area contributed by atoms with E-state index in [0.717, 1.165) is 19.5 Å². The lowest BCUT2D eigenvalue weighted by atomic mass is 9.87. The number of nitrogens with two attached hydrogens (primary N) is 1. The van der Waals surface area contributed by atoms with Gasteiger partial charge in [0.1, 0.15) is 0 Å². The molecular formula is C17H27N3O. The van der Waals surface area contributed by atoms with Gasteiger partial charge in [-0.3, -0.25) is 9.69 Å². The molecule has 1 amide bonds. The third kappa shape index (κ3) is 4.55. The third-order valence-electron chi connectivity index (χ3n) is 4.55. The molecule has 0 bridgehead atoms. The second kappa shape index (κ2) is 7.57. The maximum Gasteiger partial charge on any atom is 0.236 e. The lowest BCUT2D eigenvalue weighted by molar-refractivity contribution is -0.132. The number of hydrogen-bond donors (Lipinski definition) is 1. The molecule has 2 atom stereocenters. The van der Waals surface area contributed by atoms with Crippen LogP contribution in [0, 0.1) is 11.8 Å². The molecule has 1 aliphatic rings. The second-order valence-electron chi connectivity index (χ2n) is 6.23. The average Bonchev–Trinajstić information content (AvgIpc) is 2.50. The van der Waals surface area contributed by atoms with E-state index in [2.05, 4.69) is 24.0 Å². The molecule has 1 fully saturated rings. The highest BCUT2D eigenvalue weighted by Gasteiger charge is 2.26. The zero-order valence-electron chi connectivity index (χ0n) is 13.2. The van der Waals surface area contributed by atoms with Crippen molar-refractivity contribution in [1.29, 1.82) is 0 Å². The standard InChI is InChI=1S/C17H27N3O/c1-14-8-9-20(12-16(14)10-18)13-17(21)19(2)11-15-6-4-3-5-7-15/h3-7,14,16H,8-13,18H2,1-2H3. The van der Waals surface area contributed by atoms with Gasteiger partial charge in [0.2, 0.25) is 5.91 Å². The molecule has 1 aromatic rings. The van der Waals surface area contributed by atoms with Gasteiger partial charge in [-0.1, -0.05) is 37.3 Å². The van der Waals surface area contributed by atoms with Gasteiger partial charge in [-0.05, 0) is 36.9 Å². The molecule has 2 unspecified atom stereocenters. The molecule has 4 nitrogen and oxygen atoms in total. The van der Waals surface area contributed by atoms with Crippen LogP contribution in [0.15, 0.2) is 30.3 Å². The van der Waals surface area contributed by atoms with Crippen LogP contribution in [0.3, 0.4) is 0 Å². The minimum atomic E-state index is 0.184. The van der Waals surface area contributed by atoms with Gasteiger partial charge in [0.05, 0.1) is 6.54 Å². The summed E-state index contributed by atoms with van der Waals surface area (Å²) in [6, 6.07) is 10.1. The molecule has 4 heteroatoms. The number of benzene rings is 1. The van der Waals surface area contributed by atoms with Crippen LogP contribution in [0.4, 0.5) is 0 Å². The predicted molar refractivity (Wildman–Crippen MR) is 85.7 cm³/mol. The van der Waals surface area contributed by atoms with E-state index in [4.69, 9.17) is 5.73 Å². The summed E-state index contributed by atoms with van der Waals surface area (Å²) in [5.41, 5.74) is 6.99. The van der Waals surface area contributed by atoms with Crippen LogP contribution in [0.5, 0.6) is 0 Å². The highest BCUT2D eigenvalue weighted by atomic mass is 16.2. The van der Waals surface area contributed by atoms with E-state index in [1.54, 1.807) is 0 Å². The molecule has 2 rings (SSSR count). The topological polar surface area (TPSA) is 49.6 Å². The van der Waals surface area contributed by atoms with Crippen LogP contribution in [-0.4, -0.2) is 48.9 Å². The molecule has 2 N–H and O–H groups in total. The number of carbonyl (C=O) groups is 1. The third-order valence-corrected chi connectivity index (χ3v) is 4.55. The van der Waals surface area contributed by atoms with Gasteiger partial charge in [0.15, 0.2) is 0 Å². The van der Waals surface area contributed by atoms with E-state index in [0.29, 0.717) is 31.5 Å². The quantitative estimate of drug-likeness (QED) is 0.895. The Bertz CT molecular complexity index is 449. The van der Waals surface area contributed by atoms with Gasteiger partial charge < -0.3 is 10.6 Å². The summed E-state index contributed by atoms with van der Waals surface area (Å²) in [5, 5.41) is 0. The van der Waals surface area contributed by atoms with Crippen molar-refractivity contribution in [3.63, 3.8) is 0 Å². The highest BCUT2D eigenvalue weighted by molar-refractivity contribution is 5.78. The van der Waals surface area contributed by atoms with Crippen LogP contribution in [0.25, 0.3) is 0 Å². The Balaban J connectivity index is 1.83. The van der Waals surface area contributed by atoms with Crippen LogP contribution >= 0.6 is 0 Å². The summed E-state index contributed by atoms with van der Waals surface area (Å²) in [5.74, 6) is 1.37. The molecule has 1 aliphatic heterocycles. The molecule has 1 aromatic carbocycles. The van der Waals surface area contributed by atoms with E-state index in [-0.39, 0.29) is 5.91 Å². The molecule has 0 radical (unpaired) electrons. The first-order valence-electron chi connectivity index (χ1n) is 7.80. The Kier molecular flexibility index (Phi) is 5.76. The van der Waals surface area contributed by atoms with Crippen molar-refractivity contribution in [2.24, 2.45) is 17.6 Å². The maximum atomic E-state index is 12.3. The fourth-order valence-corrected chi connectivity index (χ4v) is 2.93. The molecule has 0 saturated carbocycles. The van der Waals surface area contributed by atoms with Gasteiger partial charge in [-0.25, -0.2) is 0 Å². The Hall–Kier alpha value is -1.39. The Morgan fingerprint density at radius 2 is 2.10 bits per heavy atom. The number of hydrogen-bond acceptors (Lipinski definition) is 3. The van der Waals surface area contributed by atoms with Crippen molar-refractivity contribution in [2.75, 3.05) is 33.2 Å². The average molecular weight is 289 g/mol. The number of piperidine rings is 1. The summed E-state index contributed by atoms with van der Waals surface area (Å²) in [6.45, 7) is 6.10. The number of likely N-dealkylation sites (tertiary alicyclic amines) is 1. The normalized spacial score (nSPS) is 23.0. The monoisotopic (exact) mass is 289 g/mol. The molecule has 116 valence electrons. The number of amides is 1. The van der Waals surface area contributed by atoms with Crippen molar-refractivity contribution >= 4 is 5.91 Å². The largest absolute Gasteiger partial charge is 0.340 e. The summed E-state index contributed by atoms with van der Waals surface area (Å²) in [7, 11) is 1.88. The van der Waals surface area contributed by atoms with Crippen molar-refractivity contribution in [1.82, 2.24) is 9.80 Å². The summed E-state index contributed by atoms with van der Waals surface area (Å²) >= 11 is 0. The van der Waals surface area contributed by atoms with Gasteiger partial charge in [0.25, 0.3) is 0 Å². The first-order chi connectivity index (χ1) is 10.1. The zero-order valence-corrected chi connectivity index (χ0v) is 13.2. The summed E-state index contributed by atoms with van der Waals surface area (Å²) < 4.78 is 0. The van der Waals surface area contributed by atoms with E-state index in [1.807, 2.05) is 30.1 Å². The first kappa shape index (κ1) is 16.0. The first-order valence-corrected chi connectivity index (χ1v) is 7.80. The SMILES string of the molecule is CC1CCN(CC(=O)N(C)Cc2ccccc2)CC1CN. The van der Waals surface area contributed by atoms with E-state index in [9.17, 15) is 4.79 Å². The maximum absolute atomic E-state index is 12.3. The van der Waals surface area contributed by atoms with Crippen LogP contribution in [0.2, 0.25) is 0 Å². The lowest BCUT2D eigenvalue weighted by Gasteiger charge is -2.36. The fraction of sp³-hybridized carbons (Fsp3) is 0.588. The highest BCUT2D eigenvalue weighted by Crippen LogP contribution is 2.22. The van der Waals surface area contributed by atoms with Crippen molar-refractivity contribution < 1.29 is 4.79 Å². The van der Waals surface area contributed by atoms with E-state index in [1.165, 1.54) is 5.56 Å².